The van der Waals surface area contributed by atoms with E-state index in [1.807, 2.05) is 18.7 Å². The number of anilines is 1. The molecule has 0 bridgehead atoms. The van der Waals surface area contributed by atoms with Crippen LogP contribution in [0.15, 0.2) is 0 Å². The van der Waals surface area contributed by atoms with Gasteiger partial charge in [0.25, 0.3) is 0 Å². The third-order valence-electron chi connectivity index (χ3n) is 2.23. The van der Waals surface area contributed by atoms with Crippen LogP contribution in [0.25, 0.3) is 0 Å². The predicted octanol–water partition coefficient (Wildman–Crippen LogP) is 0.697. The van der Waals surface area contributed by atoms with Gasteiger partial charge in [-0.2, -0.15) is 5.10 Å². The molecule has 84 valence electrons. The molecular weight excluding hydrogens is 192 g/mol. The second-order valence-corrected chi connectivity index (χ2v) is 3.49. The number of hydrogen-bond acceptors (Lipinski definition) is 5. The van der Waals surface area contributed by atoms with E-state index < -0.39 is 0 Å². The van der Waals surface area contributed by atoms with Gasteiger partial charge in [-0.25, -0.2) is 4.98 Å². The molecule has 0 amide bonds. The first kappa shape index (κ1) is 11.8. The van der Waals surface area contributed by atoms with Gasteiger partial charge in [-0.3, -0.25) is 0 Å². The molecule has 0 aliphatic rings. The van der Waals surface area contributed by atoms with Crippen LogP contribution in [0.4, 0.5) is 5.95 Å². The second kappa shape index (κ2) is 5.60. The molecule has 5 nitrogen and oxygen atoms in total. The maximum Gasteiger partial charge on any atom is 0.245 e. The van der Waals surface area contributed by atoms with Crippen LogP contribution in [0.3, 0.4) is 0 Å². The highest BCUT2D eigenvalue weighted by molar-refractivity contribution is 5.29. The molecule has 1 heterocycles. The normalized spacial score (nSPS) is 10.4. The number of hydrogen-bond donors (Lipinski definition) is 1. The lowest BCUT2D eigenvalue weighted by Crippen LogP contribution is -2.29. The van der Waals surface area contributed by atoms with Crippen LogP contribution in [-0.2, 0) is 0 Å². The summed E-state index contributed by atoms with van der Waals surface area (Å²) in [7, 11) is 0. The second-order valence-electron chi connectivity index (χ2n) is 3.49. The van der Waals surface area contributed by atoms with Crippen molar-refractivity contribution in [2.24, 2.45) is 0 Å². The zero-order valence-electron chi connectivity index (χ0n) is 9.56. The maximum atomic E-state index is 8.93. The SMILES string of the molecule is CCCN(CCO)c1nnc(C)c(C)n1. The fourth-order valence-electron chi connectivity index (χ4n) is 1.28. The molecule has 0 spiro atoms. The van der Waals surface area contributed by atoms with Crippen molar-refractivity contribution >= 4 is 5.95 Å². The van der Waals surface area contributed by atoms with Gasteiger partial charge in [-0.05, 0) is 20.3 Å². The quantitative estimate of drug-likeness (QED) is 0.775. The van der Waals surface area contributed by atoms with Gasteiger partial charge < -0.3 is 10.0 Å². The maximum absolute atomic E-state index is 8.93. The molecule has 5 heteroatoms. The third kappa shape index (κ3) is 3.13. The Labute approximate surface area is 90.2 Å². The highest BCUT2D eigenvalue weighted by Crippen LogP contribution is 2.08. The Balaban J connectivity index is 2.85. The van der Waals surface area contributed by atoms with Crippen molar-refractivity contribution in [3.63, 3.8) is 0 Å². The molecule has 0 fully saturated rings. The molecular formula is C10H18N4O. The van der Waals surface area contributed by atoms with Crippen LogP contribution in [-0.4, -0.2) is 40.0 Å². The van der Waals surface area contributed by atoms with Gasteiger partial charge in [-0.15, -0.1) is 5.10 Å². The molecule has 0 aliphatic heterocycles. The van der Waals surface area contributed by atoms with Crippen LogP contribution in [0, 0.1) is 13.8 Å². The number of aliphatic hydroxyl groups excluding tert-OH is 1. The van der Waals surface area contributed by atoms with Crippen LogP contribution in [0.5, 0.6) is 0 Å². The summed E-state index contributed by atoms with van der Waals surface area (Å²) in [6.45, 7) is 7.38. The van der Waals surface area contributed by atoms with E-state index in [0.717, 1.165) is 24.4 Å². The monoisotopic (exact) mass is 210 g/mol. The fraction of sp³-hybridized carbons (Fsp3) is 0.700. The van der Waals surface area contributed by atoms with Gasteiger partial charge in [-0.1, -0.05) is 6.92 Å². The molecule has 0 aliphatic carbocycles. The molecule has 1 aromatic heterocycles. The first-order valence-corrected chi connectivity index (χ1v) is 5.22. The molecule has 1 rings (SSSR count). The fourth-order valence-corrected chi connectivity index (χ4v) is 1.28. The van der Waals surface area contributed by atoms with Crippen molar-refractivity contribution in [1.29, 1.82) is 0 Å². The molecule has 0 saturated carbocycles. The summed E-state index contributed by atoms with van der Waals surface area (Å²) in [5.41, 5.74) is 1.73. The largest absolute Gasteiger partial charge is 0.395 e. The van der Waals surface area contributed by atoms with Crippen molar-refractivity contribution in [3.8, 4) is 0 Å². The summed E-state index contributed by atoms with van der Waals surface area (Å²) in [4.78, 5) is 6.30. The third-order valence-corrected chi connectivity index (χ3v) is 2.23. The van der Waals surface area contributed by atoms with E-state index in [1.165, 1.54) is 0 Å². The summed E-state index contributed by atoms with van der Waals surface area (Å²) in [6.07, 6.45) is 0.996. The lowest BCUT2D eigenvalue weighted by atomic mass is 10.4. The minimum Gasteiger partial charge on any atom is -0.395 e. The highest BCUT2D eigenvalue weighted by Gasteiger charge is 2.09. The van der Waals surface area contributed by atoms with Gasteiger partial charge in [0.1, 0.15) is 0 Å². The van der Waals surface area contributed by atoms with Crippen LogP contribution in [0.1, 0.15) is 24.7 Å². The average Bonchev–Trinajstić information content (AvgIpc) is 2.22. The minimum atomic E-state index is 0.107. The van der Waals surface area contributed by atoms with Gasteiger partial charge in [0.2, 0.25) is 5.95 Å². The van der Waals surface area contributed by atoms with Crippen molar-refractivity contribution in [1.82, 2.24) is 15.2 Å². The molecule has 0 unspecified atom stereocenters. The molecule has 0 atom stereocenters. The molecule has 15 heavy (non-hydrogen) atoms. The standard InChI is InChI=1S/C10H18N4O/c1-4-5-14(6-7-15)10-11-8(2)9(3)12-13-10/h15H,4-7H2,1-3H3. The molecule has 0 aromatic carbocycles. The van der Waals surface area contributed by atoms with Crippen LogP contribution >= 0.6 is 0 Å². The van der Waals surface area contributed by atoms with Gasteiger partial charge in [0, 0.05) is 13.1 Å². The van der Waals surface area contributed by atoms with Crippen molar-refractivity contribution in [2.45, 2.75) is 27.2 Å². The van der Waals surface area contributed by atoms with Crippen molar-refractivity contribution < 1.29 is 5.11 Å². The summed E-state index contributed by atoms with van der Waals surface area (Å²) in [5, 5.41) is 17.0. The number of aromatic nitrogens is 3. The Hall–Kier alpha value is -1.23. The predicted molar refractivity (Wildman–Crippen MR) is 58.9 cm³/mol. The molecule has 0 radical (unpaired) electrons. The Morgan fingerprint density at radius 1 is 1.13 bits per heavy atom. The van der Waals surface area contributed by atoms with Gasteiger partial charge in [0.15, 0.2) is 0 Å². The van der Waals surface area contributed by atoms with E-state index in [1.54, 1.807) is 0 Å². The van der Waals surface area contributed by atoms with E-state index in [-0.39, 0.29) is 6.61 Å². The average molecular weight is 210 g/mol. The zero-order valence-corrected chi connectivity index (χ0v) is 9.56. The first-order valence-electron chi connectivity index (χ1n) is 5.22. The number of aliphatic hydroxyl groups is 1. The minimum absolute atomic E-state index is 0.107. The number of nitrogens with zero attached hydrogens (tertiary/aromatic N) is 4. The Morgan fingerprint density at radius 3 is 2.40 bits per heavy atom. The van der Waals surface area contributed by atoms with Gasteiger partial charge >= 0.3 is 0 Å². The highest BCUT2D eigenvalue weighted by atomic mass is 16.3. The van der Waals surface area contributed by atoms with E-state index in [4.69, 9.17) is 5.11 Å². The lowest BCUT2D eigenvalue weighted by Gasteiger charge is -2.20. The Bertz CT molecular complexity index is 310. The van der Waals surface area contributed by atoms with Crippen LogP contribution in [0.2, 0.25) is 0 Å². The Morgan fingerprint density at radius 2 is 1.87 bits per heavy atom. The van der Waals surface area contributed by atoms with E-state index in [9.17, 15) is 0 Å². The summed E-state index contributed by atoms with van der Waals surface area (Å²) < 4.78 is 0. The molecule has 0 saturated heterocycles. The molecule has 1 N–H and O–H groups in total. The van der Waals surface area contributed by atoms with Crippen LogP contribution < -0.4 is 4.90 Å². The van der Waals surface area contributed by atoms with Crippen molar-refractivity contribution in [3.05, 3.63) is 11.4 Å². The topological polar surface area (TPSA) is 62.1 Å². The van der Waals surface area contributed by atoms with E-state index in [2.05, 4.69) is 22.1 Å². The Kier molecular flexibility index (Phi) is 4.42. The summed E-state index contributed by atoms with van der Waals surface area (Å²) in [6, 6.07) is 0. The smallest absolute Gasteiger partial charge is 0.245 e. The number of aryl methyl sites for hydroxylation is 2. The molecule has 1 aromatic rings. The van der Waals surface area contributed by atoms with E-state index in [0.29, 0.717) is 12.5 Å². The number of rotatable bonds is 5. The zero-order chi connectivity index (χ0) is 11.3. The van der Waals surface area contributed by atoms with Gasteiger partial charge in [0.05, 0.1) is 18.0 Å². The lowest BCUT2D eigenvalue weighted by molar-refractivity contribution is 0.301. The summed E-state index contributed by atoms with van der Waals surface area (Å²) in [5.74, 6) is 0.606. The first-order chi connectivity index (χ1) is 7.19. The van der Waals surface area contributed by atoms with Crippen molar-refractivity contribution in [2.75, 3.05) is 24.6 Å². The van der Waals surface area contributed by atoms with E-state index >= 15 is 0 Å². The summed E-state index contributed by atoms with van der Waals surface area (Å²) >= 11 is 0.